The summed E-state index contributed by atoms with van der Waals surface area (Å²) < 4.78 is 4.78. The van der Waals surface area contributed by atoms with Gasteiger partial charge in [-0.25, -0.2) is 14.8 Å². The molecule has 0 spiro atoms. The molecule has 3 amide bonds. The number of aromatic amines is 2. The van der Waals surface area contributed by atoms with E-state index in [0.717, 1.165) is 120 Å². The van der Waals surface area contributed by atoms with E-state index in [2.05, 4.69) is 97.9 Å². The molecule has 4 atom stereocenters. The van der Waals surface area contributed by atoms with E-state index in [1.54, 1.807) is 0 Å². The Morgan fingerprint density at radius 2 is 1.20 bits per heavy atom. The van der Waals surface area contributed by atoms with Crippen molar-refractivity contribution < 1.29 is 19.1 Å². The van der Waals surface area contributed by atoms with Crippen LogP contribution in [-0.2, 0) is 14.3 Å². The van der Waals surface area contributed by atoms with Gasteiger partial charge in [-0.3, -0.25) is 14.5 Å². The maximum atomic E-state index is 14.3. The van der Waals surface area contributed by atoms with Gasteiger partial charge in [-0.1, -0.05) is 92.7 Å². The van der Waals surface area contributed by atoms with Gasteiger partial charge in [-0.15, -0.1) is 0 Å². The fourth-order valence-electron chi connectivity index (χ4n) is 9.55. The third-order valence-electron chi connectivity index (χ3n) is 12.8. The van der Waals surface area contributed by atoms with Gasteiger partial charge in [0.2, 0.25) is 11.8 Å². The number of benzene rings is 4. The van der Waals surface area contributed by atoms with Crippen LogP contribution in [0.15, 0.2) is 103 Å². The molecule has 12 heteroatoms. The second-order valence-electron chi connectivity index (χ2n) is 17.0. The predicted molar refractivity (Wildman–Crippen MR) is 236 cm³/mol. The van der Waals surface area contributed by atoms with Crippen LogP contribution in [0.3, 0.4) is 0 Å². The molecule has 6 aromatic rings. The van der Waals surface area contributed by atoms with Gasteiger partial charge in [0.05, 0.1) is 43.0 Å². The van der Waals surface area contributed by atoms with Crippen LogP contribution in [0.1, 0.15) is 87.7 Å². The number of hydrogen-bond donors (Lipinski definition) is 3. The lowest BCUT2D eigenvalue weighted by Crippen LogP contribution is -2.51. The Morgan fingerprint density at radius 3 is 1.80 bits per heavy atom. The van der Waals surface area contributed by atoms with Crippen LogP contribution in [0, 0.1) is 5.92 Å². The molecule has 3 aliphatic heterocycles. The van der Waals surface area contributed by atoms with Crippen molar-refractivity contribution in [3.05, 3.63) is 121 Å². The number of H-pyrrole nitrogens is 2. The number of carbonyl (C=O) groups excluding carboxylic acids is 3. The molecule has 4 aromatic carbocycles. The van der Waals surface area contributed by atoms with Gasteiger partial charge in [0, 0.05) is 18.7 Å². The number of fused-ring (bicyclic) bond motifs is 1. The van der Waals surface area contributed by atoms with Gasteiger partial charge < -0.3 is 29.8 Å². The van der Waals surface area contributed by atoms with Gasteiger partial charge >= 0.3 is 6.09 Å². The Morgan fingerprint density at radius 1 is 0.656 bits per heavy atom. The molecule has 0 bridgehead atoms. The molecule has 3 aliphatic rings. The molecule has 12 nitrogen and oxygen atoms in total. The number of rotatable bonds is 11. The third-order valence-corrected chi connectivity index (χ3v) is 12.8. The maximum Gasteiger partial charge on any atom is 0.407 e. The summed E-state index contributed by atoms with van der Waals surface area (Å²) in [5.74, 6) is 1.54. The molecular weight excluding hydrogens is 765 g/mol. The van der Waals surface area contributed by atoms with Crippen molar-refractivity contribution >= 4 is 28.7 Å². The minimum atomic E-state index is -0.679. The van der Waals surface area contributed by atoms with Crippen LogP contribution in [0.4, 0.5) is 4.79 Å². The summed E-state index contributed by atoms with van der Waals surface area (Å²) in [5, 5.41) is 4.95. The summed E-state index contributed by atoms with van der Waals surface area (Å²) in [4.78, 5) is 62.8. The lowest BCUT2D eigenvalue weighted by Gasteiger charge is -2.33. The normalized spacial score (nSPS) is 19.1. The first-order valence-electron chi connectivity index (χ1n) is 21.7. The third kappa shape index (κ3) is 8.16. The second-order valence-corrected chi connectivity index (χ2v) is 17.0. The van der Waals surface area contributed by atoms with Crippen LogP contribution in [0.5, 0.6) is 0 Å². The largest absolute Gasteiger partial charge is 0.453 e. The highest BCUT2D eigenvalue weighted by Crippen LogP contribution is 2.38. The standard InChI is InChI=1S/C49H54N8O4/c1-31(2)43(54-49(60)61-3)47(58)56-25-9-13-41(56)45-51-30-40(53-45)38-22-21-36-27-35(19-20-37(36)28-38)32-15-17-33(18-16-32)39-29-50-46(52-39)42-14-10-26-57(42)48(59)44(55-23-7-8-24-55)34-11-5-4-6-12-34/h4-6,11-12,15-22,27-31,41-44H,7-10,13-14,23-26H2,1-3H3,(H,50,52)(H,51,53)(H,54,60). The van der Waals surface area contributed by atoms with Crippen LogP contribution >= 0.6 is 0 Å². The molecule has 0 saturated carbocycles. The fraction of sp³-hybridized carbons (Fsp3) is 0.367. The van der Waals surface area contributed by atoms with Crippen LogP contribution in [0.25, 0.3) is 44.4 Å². The number of amides is 3. The Balaban J connectivity index is 0.873. The molecule has 3 saturated heterocycles. The molecule has 314 valence electrons. The quantitative estimate of drug-likeness (QED) is 0.119. The smallest absolute Gasteiger partial charge is 0.407 e. The van der Waals surface area contributed by atoms with Crippen LogP contribution < -0.4 is 5.32 Å². The Bertz CT molecular complexity index is 2510. The molecule has 0 radical (unpaired) electrons. The molecule has 61 heavy (non-hydrogen) atoms. The highest BCUT2D eigenvalue weighted by atomic mass is 16.5. The van der Waals surface area contributed by atoms with Gasteiger partial charge in [0.15, 0.2) is 0 Å². The number of methoxy groups -OCH3 is 1. The molecule has 9 rings (SSSR count). The number of alkyl carbamates (subject to hydrolysis) is 1. The monoisotopic (exact) mass is 818 g/mol. The molecular formula is C49H54N8O4. The summed E-state index contributed by atoms with van der Waals surface area (Å²) in [7, 11) is 1.30. The first kappa shape index (κ1) is 40.2. The molecule has 5 heterocycles. The highest BCUT2D eigenvalue weighted by molar-refractivity contribution is 5.91. The lowest BCUT2D eigenvalue weighted by molar-refractivity contribution is -0.138. The van der Waals surface area contributed by atoms with Crippen LogP contribution in [0.2, 0.25) is 0 Å². The van der Waals surface area contributed by atoms with E-state index in [1.165, 1.54) is 7.11 Å². The van der Waals surface area contributed by atoms with E-state index in [-0.39, 0.29) is 35.9 Å². The summed E-state index contributed by atoms with van der Waals surface area (Å²) in [6, 6.07) is 30.5. The number of carbonyl (C=O) groups is 3. The van der Waals surface area contributed by atoms with Crippen LogP contribution in [-0.4, -0.2) is 91.9 Å². The molecule has 0 aliphatic carbocycles. The number of hydrogen-bond acceptors (Lipinski definition) is 7. The van der Waals surface area contributed by atoms with Gasteiger partial charge in [-0.05, 0) is 103 Å². The Kier molecular flexibility index (Phi) is 11.4. The number of aromatic nitrogens is 4. The molecule has 2 aromatic heterocycles. The van der Waals surface area contributed by atoms with Crippen molar-refractivity contribution in [2.24, 2.45) is 5.92 Å². The van der Waals surface area contributed by atoms with Crippen molar-refractivity contribution in [1.82, 2.24) is 40.0 Å². The number of nitrogens with zero attached hydrogens (tertiary/aromatic N) is 5. The second kappa shape index (κ2) is 17.4. The zero-order valence-corrected chi connectivity index (χ0v) is 35.1. The average Bonchev–Trinajstić information content (AvgIpc) is 4.15. The molecule has 3 fully saturated rings. The van der Waals surface area contributed by atoms with E-state index >= 15 is 0 Å². The van der Waals surface area contributed by atoms with E-state index in [1.807, 2.05) is 49.3 Å². The summed E-state index contributed by atoms with van der Waals surface area (Å²) in [6.45, 7) is 7.07. The Hall–Kier alpha value is -6.27. The van der Waals surface area contributed by atoms with Crippen molar-refractivity contribution in [3.8, 4) is 33.6 Å². The summed E-state index contributed by atoms with van der Waals surface area (Å²) >= 11 is 0. The van der Waals surface area contributed by atoms with Crippen molar-refractivity contribution in [2.45, 2.75) is 76.5 Å². The van der Waals surface area contributed by atoms with E-state index in [9.17, 15) is 14.4 Å². The lowest BCUT2D eigenvalue weighted by atomic mass is 9.98. The van der Waals surface area contributed by atoms with Crippen molar-refractivity contribution in [1.29, 1.82) is 0 Å². The fourth-order valence-corrected chi connectivity index (χ4v) is 9.55. The maximum absolute atomic E-state index is 14.3. The summed E-state index contributed by atoms with van der Waals surface area (Å²) in [5.41, 5.74) is 7.19. The first-order valence-corrected chi connectivity index (χ1v) is 21.7. The minimum absolute atomic E-state index is 0.0723. The number of nitrogens with one attached hydrogen (secondary N) is 3. The summed E-state index contributed by atoms with van der Waals surface area (Å²) in [6.07, 6.45) is 8.88. The zero-order valence-electron chi connectivity index (χ0n) is 35.1. The molecule has 4 unspecified atom stereocenters. The topological polar surface area (TPSA) is 140 Å². The molecule has 3 N–H and O–H groups in total. The zero-order chi connectivity index (χ0) is 42.0. The predicted octanol–water partition coefficient (Wildman–Crippen LogP) is 8.83. The van der Waals surface area contributed by atoms with Crippen molar-refractivity contribution in [3.63, 3.8) is 0 Å². The number of imidazole rings is 2. The number of ether oxygens (including phenoxy) is 1. The van der Waals surface area contributed by atoms with Gasteiger partial charge in [0.25, 0.3) is 0 Å². The number of likely N-dealkylation sites (tertiary alicyclic amines) is 3. The van der Waals surface area contributed by atoms with E-state index in [4.69, 9.17) is 14.7 Å². The average molecular weight is 819 g/mol. The van der Waals surface area contributed by atoms with E-state index < -0.39 is 12.1 Å². The van der Waals surface area contributed by atoms with E-state index in [0.29, 0.717) is 6.54 Å². The highest BCUT2D eigenvalue weighted by Gasteiger charge is 2.40. The van der Waals surface area contributed by atoms with Gasteiger partial charge in [-0.2, -0.15) is 0 Å². The Labute approximate surface area is 356 Å². The van der Waals surface area contributed by atoms with Gasteiger partial charge in [0.1, 0.15) is 23.7 Å². The minimum Gasteiger partial charge on any atom is -0.453 e. The first-order chi connectivity index (χ1) is 29.7. The SMILES string of the molecule is COC(=O)NC(C(=O)N1CCCC1c1ncc(-c2ccc3cc(-c4ccc(-c5cnc(C6CCCN6C(=O)C(c6ccccc6)N6CCCC6)[nH]5)cc4)ccc3c2)[nH]1)C(C)C. The van der Waals surface area contributed by atoms with Crippen molar-refractivity contribution in [2.75, 3.05) is 33.3 Å².